The third-order valence-corrected chi connectivity index (χ3v) is 9.95. The van der Waals surface area contributed by atoms with Crippen molar-refractivity contribution in [3.8, 4) is 11.4 Å². The molecule has 0 bridgehead atoms. The van der Waals surface area contributed by atoms with Gasteiger partial charge in [-0.15, -0.1) is 0 Å². The number of carboxylic acid groups (broad SMARTS) is 1. The molecule has 0 unspecified atom stereocenters. The number of nitrogens with zero attached hydrogens (tertiary/aromatic N) is 3. The Balaban J connectivity index is 0.000000298. The summed E-state index contributed by atoms with van der Waals surface area (Å²) in [4.78, 5) is 46.0. The standard InChI is InChI=1S/C28H34N4O4.C13H28O7/c33-23(34)16-13-19-11-14-22(15-12-19)25-29-24-26(30-25)31(17-20-7-3-1-4-8-20)28(36)32(27(24)35)18-21-9-5-2-6-10-21;1-15-4-5-17-8-9-19-12-13-20-11-10-18-7-6-16-3-2-14/h11-16,20-21H,1-10,17-18H2,(H,29,30)(H,33,34);14H,2-13H2,1H3/b16-13+;. The van der Waals surface area contributed by atoms with Gasteiger partial charge in [-0.2, -0.15) is 0 Å². The molecule has 15 nitrogen and oxygen atoms in total. The highest BCUT2D eigenvalue weighted by molar-refractivity contribution is 5.85. The number of hydrogen-bond donors (Lipinski definition) is 3. The van der Waals surface area contributed by atoms with E-state index < -0.39 is 5.97 Å². The molecule has 2 fully saturated rings. The summed E-state index contributed by atoms with van der Waals surface area (Å²) < 4.78 is 34.2. The number of aliphatic carboxylic acids is 1. The van der Waals surface area contributed by atoms with Crippen LogP contribution in [0.15, 0.2) is 39.9 Å². The molecule has 2 heterocycles. The molecule has 3 N–H and O–H groups in total. The summed E-state index contributed by atoms with van der Waals surface area (Å²) in [5.74, 6) is 0.305. The van der Waals surface area contributed by atoms with Crippen molar-refractivity contribution in [1.82, 2.24) is 19.1 Å². The Morgan fingerprint density at radius 1 is 0.732 bits per heavy atom. The van der Waals surface area contributed by atoms with Crippen molar-refractivity contribution in [2.45, 2.75) is 77.3 Å². The fourth-order valence-corrected chi connectivity index (χ4v) is 6.99. The number of carbonyl (C=O) groups is 1. The Bertz CT molecular complexity index is 1670. The van der Waals surface area contributed by atoms with Gasteiger partial charge in [-0.3, -0.25) is 13.9 Å². The summed E-state index contributed by atoms with van der Waals surface area (Å²) in [5, 5.41) is 17.3. The molecule has 0 saturated heterocycles. The van der Waals surface area contributed by atoms with Crippen molar-refractivity contribution in [1.29, 1.82) is 0 Å². The van der Waals surface area contributed by atoms with Crippen molar-refractivity contribution >= 4 is 23.2 Å². The van der Waals surface area contributed by atoms with E-state index in [0.717, 1.165) is 55.7 Å². The Kier molecular flexibility index (Phi) is 21.1. The average molecular weight is 787 g/mol. The molecule has 3 aromatic rings. The zero-order valence-corrected chi connectivity index (χ0v) is 33.0. The number of H-pyrrole nitrogens is 1. The van der Waals surface area contributed by atoms with Gasteiger partial charge in [0.2, 0.25) is 0 Å². The van der Waals surface area contributed by atoms with Crippen molar-refractivity contribution in [3.05, 3.63) is 56.7 Å². The highest BCUT2D eigenvalue weighted by atomic mass is 16.6. The number of aliphatic hydroxyl groups is 1. The fourth-order valence-electron chi connectivity index (χ4n) is 6.99. The normalized spacial score (nSPS) is 15.4. The monoisotopic (exact) mass is 786 g/mol. The van der Waals surface area contributed by atoms with Gasteiger partial charge in [-0.1, -0.05) is 62.8 Å². The van der Waals surface area contributed by atoms with Crippen LogP contribution in [0, 0.1) is 11.8 Å². The third kappa shape index (κ3) is 15.7. The molecule has 2 aliphatic carbocycles. The summed E-state index contributed by atoms with van der Waals surface area (Å²) in [6, 6.07) is 7.28. The van der Waals surface area contributed by atoms with Gasteiger partial charge in [0, 0.05) is 31.8 Å². The molecule has 312 valence electrons. The number of benzene rings is 1. The highest BCUT2D eigenvalue weighted by Crippen LogP contribution is 2.27. The Morgan fingerprint density at radius 3 is 1.70 bits per heavy atom. The van der Waals surface area contributed by atoms with E-state index in [1.165, 1.54) is 36.3 Å². The number of rotatable bonds is 24. The molecule has 1 aromatic carbocycles. The lowest BCUT2D eigenvalue weighted by Crippen LogP contribution is -2.42. The zero-order chi connectivity index (χ0) is 39.8. The van der Waals surface area contributed by atoms with E-state index in [-0.39, 0.29) is 17.9 Å². The SMILES string of the molecule is COCCOCCOCCOCCOCCOCCO.O=C(O)/C=C/c1ccc(-c2nc3c([nH]2)c(=O)n(CC2CCCCC2)c(=O)n3CC2CCCCC2)cc1. The molecule has 0 spiro atoms. The van der Waals surface area contributed by atoms with Gasteiger partial charge in [0.15, 0.2) is 5.65 Å². The molecule has 0 aliphatic heterocycles. The minimum Gasteiger partial charge on any atom is -0.478 e. The fraction of sp³-hybridized carbons (Fsp3) is 0.659. The Labute approximate surface area is 328 Å². The second-order valence-electron chi connectivity index (χ2n) is 14.2. The number of methoxy groups -OCH3 is 1. The van der Waals surface area contributed by atoms with Crippen LogP contribution in [-0.2, 0) is 46.3 Å². The van der Waals surface area contributed by atoms with Crippen molar-refractivity contribution in [2.75, 3.05) is 86.4 Å². The summed E-state index contributed by atoms with van der Waals surface area (Å²) in [6.07, 6.45) is 14.1. The van der Waals surface area contributed by atoms with E-state index in [1.807, 2.05) is 12.1 Å². The lowest BCUT2D eigenvalue weighted by atomic mass is 9.89. The maximum Gasteiger partial charge on any atom is 0.332 e. The van der Waals surface area contributed by atoms with Gasteiger partial charge < -0.3 is 43.6 Å². The summed E-state index contributed by atoms with van der Waals surface area (Å²) in [5.41, 5.74) is 1.80. The molecule has 0 atom stereocenters. The number of aromatic amines is 1. The number of hydrogen-bond acceptors (Lipinski definition) is 11. The van der Waals surface area contributed by atoms with Gasteiger partial charge in [0.1, 0.15) is 11.3 Å². The Hall–Kier alpha value is -3.70. The molecule has 2 saturated carbocycles. The van der Waals surface area contributed by atoms with Crippen LogP contribution in [-0.4, -0.2) is 122 Å². The highest BCUT2D eigenvalue weighted by Gasteiger charge is 2.24. The number of carboxylic acids is 1. The first kappa shape index (κ1) is 45.0. The maximum atomic E-state index is 13.7. The number of aromatic nitrogens is 4. The van der Waals surface area contributed by atoms with Crippen LogP contribution >= 0.6 is 0 Å². The first-order valence-corrected chi connectivity index (χ1v) is 20.1. The zero-order valence-electron chi connectivity index (χ0n) is 33.0. The molecule has 5 rings (SSSR count). The van der Waals surface area contributed by atoms with E-state index in [2.05, 4.69) is 4.98 Å². The van der Waals surface area contributed by atoms with Crippen LogP contribution in [0.2, 0.25) is 0 Å². The molecule has 0 radical (unpaired) electrons. The van der Waals surface area contributed by atoms with Crippen LogP contribution in [0.4, 0.5) is 0 Å². The van der Waals surface area contributed by atoms with Gasteiger partial charge >= 0.3 is 11.7 Å². The second-order valence-corrected chi connectivity index (χ2v) is 14.2. The topological polar surface area (TPSA) is 186 Å². The predicted octanol–water partition coefficient (Wildman–Crippen LogP) is 4.52. The maximum absolute atomic E-state index is 13.7. The first-order chi connectivity index (χ1) is 27.4. The molecule has 2 aliphatic rings. The van der Waals surface area contributed by atoms with Gasteiger partial charge in [-0.05, 0) is 49.2 Å². The molecule has 0 amide bonds. The van der Waals surface area contributed by atoms with Gasteiger partial charge in [0.25, 0.3) is 5.56 Å². The minimum absolute atomic E-state index is 0.0422. The van der Waals surface area contributed by atoms with Crippen molar-refractivity contribution in [2.24, 2.45) is 11.8 Å². The minimum atomic E-state index is -1.00. The molecular weight excluding hydrogens is 724 g/mol. The Morgan fingerprint density at radius 2 is 1.21 bits per heavy atom. The molecular formula is C41H62N4O11. The molecule has 2 aromatic heterocycles. The summed E-state index contributed by atoms with van der Waals surface area (Å²) in [7, 11) is 1.64. The summed E-state index contributed by atoms with van der Waals surface area (Å²) in [6.45, 7) is 6.95. The van der Waals surface area contributed by atoms with Crippen LogP contribution < -0.4 is 11.2 Å². The van der Waals surface area contributed by atoms with Crippen molar-refractivity contribution < 1.29 is 43.4 Å². The number of fused-ring (bicyclic) bond motifs is 1. The largest absolute Gasteiger partial charge is 0.478 e. The lowest BCUT2D eigenvalue weighted by Gasteiger charge is -2.24. The van der Waals surface area contributed by atoms with Gasteiger partial charge in [-0.25, -0.2) is 14.6 Å². The van der Waals surface area contributed by atoms with E-state index in [4.69, 9.17) is 43.6 Å². The number of aliphatic hydroxyl groups excluding tert-OH is 1. The van der Waals surface area contributed by atoms with Crippen LogP contribution in [0.3, 0.4) is 0 Å². The summed E-state index contributed by atoms with van der Waals surface area (Å²) >= 11 is 0. The smallest absolute Gasteiger partial charge is 0.332 e. The lowest BCUT2D eigenvalue weighted by molar-refractivity contribution is -0.131. The second kappa shape index (κ2) is 26.3. The van der Waals surface area contributed by atoms with Crippen LogP contribution in [0.1, 0.15) is 69.8 Å². The third-order valence-electron chi connectivity index (χ3n) is 9.95. The van der Waals surface area contributed by atoms with E-state index in [1.54, 1.807) is 23.8 Å². The number of nitrogens with one attached hydrogen (secondary N) is 1. The number of ether oxygens (including phenoxy) is 6. The van der Waals surface area contributed by atoms with Crippen molar-refractivity contribution in [3.63, 3.8) is 0 Å². The van der Waals surface area contributed by atoms with E-state index in [9.17, 15) is 14.4 Å². The quantitative estimate of drug-likeness (QED) is 0.0854. The predicted molar refractivity (Wildman–Crippen MR) is 213 cm³/mol. The van der Waals surface area contributed by atoms with E-state index in [0.29, 0.717) is 115 Å². The first-order valence-electron chi connectivity index (χ1n) is 20.1. The van der Waals surface area contributed by atoms with Gasteiger partial charge in [0.05, 0.1) is 79.3 Å². The number of imidazole rings is 1. The van der Waals surface area contributed by atoms with E-state index >= 15 is 0 Å². The molecule has 56 heavy (non-hydrogen) atoms. The van der Waals surface area contributed by atoms with Crippen LogP contribution in [0.5, 0.6) is 0 Å². The average Bonchev–Trinajstić information content (AvgIpc) is 3.67. The van der Waals surface area contributed by atoms with Crippen LogP contribution in [0.25, 0.3) is 28.6 Å². The molecule has 15 heteroatoms.